The van der Waals surface area contributed by atoms with Crippen molar-refractivity contribution in [3.8, 4) is 0 Å². The highest BCUT2D eigenvalue weighted by atomic mass is 35.5. The molecule has 212 valence electrons. The Kier molecular flexibility index (Phi) is 7.26. The van der Waals surface area contributed by atoms with Gasteiger partial charge in [0.1, 0.15) is 11.6 Å². The summed E-state index contributed by atoms with van der Waals surface area (Å²) in [4.78, 5) is 33.6. The molecule has 4 heterocycles. The second-order valence-corrected chi connectivity index (χ2v) is 11.0. The fourth-order valence-electron chi connectivity index (χ4n) is 5.49. The number of carbonyl (C=O) groups is 2. The van der Waals surface area contributed by atoms with Crippen molar-refractivity contribution in [2.45, 2.75) is 44.4 Å². The van der Waals surface area contributed by atoms with E-state index in [0.29, 0.717) is 39.3 Å². The first-order valence-electron chi connectivity index (χ1n) is 13.3. The van der Waals surface area contributed by atoms with E-state index in [1.54, 1.807) is 36.1 Å². The SMILES string of the molecule is CC1(c2ccc(Cl)cc2F)OCC(C(=O)N2CCN(Cc3nc4ccc(C(=O)O)cc4n3C[C@@H]3CCO3)CC2)O1. The van der Waals surface area contributed by atoms with Gasteiger partial charge in [-0.05, 0) is 49.7 Å². The van der Waals surface area contributed by atoms with E-state index in [1.165, 1.54) is 12.1 Å². The number of carboxylic acid groups (broad SMARTS) is 1. The zero-order valence-electron chi connectivity index (χ0n) is 22.0. The van der Waals surface area contributed by atoms with Gasteiger partial charge in [-0.1, -0.05) is 11.6 Å². The van der Waals surface area contributed by atoms with Gasteiger partial charge in [0.2, 0.25) is 0 Å². The molecule has 2 aromatic carbocycles. The zero-order valence-corrected chi connectivity index (χ0v) is 22.8. The van der Waals surface area contributed by atoms with Crippen LogP contribution in [0.4, 0.5) is 4.39 Å². The summed E-state index contributed by atoms with van der Waals surface area (Å²) in [5.41, 5.74) is 1.93. The molecule has 0 aliphatic carbocycles. The maximum Gasteiger partial charge on any atom is 0.335 e. The highest BCUT2D eigenvalue weighted by Gasteiger charge is 2.45. The van der Waals surface area contributed by atoms with Crippen LogP contribution in [0, 0.1) is 5.82 Å². The van der Waals surface area contributed by atoms with Crippen LogP contribution in [0.15, 0.2) is 36.4 Å². The number of aromatic carboxylic acids is 1. The molecular weight excluding hydrogens is 543 g/mol. The number of aromatic nitrogens is 2. The van der Waals surface area contributed by atoms with Crippen LogP contribution >= 0.6 is 11.6 Å². The van der Waals surface area contributed by atoms with Gasteiger partial charge >= 0.3 is 5.97 Å². The fraction of sp³-hybridized carbons (Fsp3) is 0.464. The first kappa shape index (κ1) is 27.1. The molecule has 2 unspecified atom stereocenters. The lowest BCUT2D eigenvalue weighted by molar-refractivity contribution is -0.175. The van der Waals surface area contributed by atoms with Gasteiger partial charge in [0.05, 0.1) is 42.4 Å². The van der Waals surface area contributed by atoms with E-state index < -0.39 is 23.7 Å². The Labute approximate surface area is 235 Å². The average molecular weight is 573 g/mol. The standard InChI is InChI=1S/C28H30ClFN4O6/c1-28(20-4-3-18(29)13-21(20)30)39-16-24(40-28)26(35)33-9-7-32(8-10-33)15-25-31-22-5-2-17(27(36)37)12-23(22)34(25)14-19-6-11-38-19/h2-5,12-13,19,24H,6-11,14-16H2,1H3,(H,36,37)/t19-,24?,28?/m0/s1. The summed E-state index contributed by atoms with van der Waals surface area (Å²) in [7, 11) is 0. The molecule has 40 heavy (non-hydrogen) atoms. The summed E-state index contributed by atoms with van der Waals surface area (Å²) < 4.78 is 33.9. The molecule has 6 rings (SSSR count). The van der Waals surface area contributed by atoms with Gasteiger partial charge in [-0.25, -0.2) is 14.2 Å². The third-order valence-electron chi connectivity index (χ3n) is 7.88. The largest absolute Gasteiger partial charge is 0.478 e. The minimum Gasteiger partial charge on any atom is -0.478 e. The number of carbonyl (C=O) groups excluding carboxylic acids is 1. The van der Waals surface area contributed by atoms with Crippen molar-refractivity contribution in [3.63, 3.8) is 0 Å². The van der Waals surface area contributed by atoms with E-state index in [1.807, 2.05) is 0 Å². The summed E-state index contributed by atoms with van der Waals surface area (Å²) in [6, 6.07) is 9.24. The average Bonchev–Trinajstić information content (AvgIpc) is 3.46. The van der Waals surface area contributed by atoms with Gasteiger partial charge in [0.25, 0.3) is 5.91 Å². The third-order valence-corrected chi connectivity index (χ3v) is 8.11. The molecule has 12 heteroatoms. The van der Waals surface area contributed by atoms with Crippen LogP contribution in [-0.2, 0) is 37.9 Å². The van der Waals surface area contributed by atoms with Crippen molar-refractivity contribution >= 4 is 34.5 Å². The first-order chi connectivity index (χ1) is 19.2. The number of benzene rings is 2. The predicted octanol–water partition coefficient (Wildman–Crippen LogP) is 3.25. The van der Waals surface area contributed by atoms with Crippen LogP contribution in [0.2, 0.25) is 5.02 Å². The van der Waals surface area contributed by atoms with Gasteiger partial charge in [-0.2, -0.15) is 0 Å². The van der Waals surface area contributed by atoms with Gasteiger partial charge in [0.15, 0.2) is 11.9 Å². The van der Waals surface area contributed by atoms with Crippen LogP contribution in [0.3, 0.4) is 0 Å². The van der Waals surface area contributed by atoms with Crippen LogP contribution in [-0.4, -0.2) is 87.9 Å². The van der Waals surface area contributed by atoms with Crippen LogP contribution in [0.1, 0.15) is 35.1 Å². The van der Waals surface area contributed by atoms with E-state index in [9.17, 15) is 19.1 Å². The molecule has 3 fully saturated rings. The number of halogens is 2. The van der Waals surface area contributed by atoms with E-state index in [0.717, 1.165) is 29.9 Å². The quantitative estimate of drug-likeness (QED) is 0.460. The molecule has 3 aliphatic heterocycles. The molecule has 1 aromatic heterocycles. The van der Waals surface area contributed by atoms with E-state index in [4.69, 9.17) is 30.8 Å². The number of hydrogen-bond acceptors (Lipinski definition) is 7. The molecule has 1 amide bonds. The van der Waals surface area contributed by atoms with Crippen LogP contribution in [0.5, 0.6) is 0 Å². The molecule has 3 saturated heterocycles. The van der Waals surface area contributed by atoms with Crippen molar-refractivity contribution in [2.24, 2.45) is 0 Å². The summed E-state index contributed by atoms with van der Waals surface area (Å²) in [5, 5.41) is 9.74. The molecule has 0 bridgehead atoms. The van der Waals surface area contributed by atoms with Crippen molar-refractivity contribution < 1.29 is 33.3 Å². The lowest BCUT2D eigenvalue weighted by atomic mass is 10.1. The second kappa shape index (κ2) is 10.7. The summed E-state index contributed by atoms with van der Waals surface area (Å²) in [5.74, 6) is -2.26. The number of piperazine rings is 1. The normalized spacial score (nSPS) is 25.3. The van der Waals surface area contributed by atoms with E-state index >= 15 is 0 Å². The molecule has 0 saturated carbocycles. The van der Waals surface area contributed by atoms with E-state index in [2.05, 4.69) is 9.47 Å². The lowest BCUT2D eigenvalue weighted by Gasteiger charge is -2.36. The fourth-order valence-corrected chi connectivity index (χ4v) is 5.65. The number of amides is 1. The molecular formula is C28H30ClFN4O6. The molecule has 1 N–H and O–H groups in total. The van der Waals surface area contributed by atoms with Crippen LogP contribution in [0.25, 0.3) is 11.0 Å². The summed E-state index contributed by atoms with van der Waals surface area (Å²) in [6.45, 7) is 5.79. The van der Waals surface area contributed by atoms with Gasteiger partial charge in [-0.3, -0.25) is 9.69 Å². The summed E-state index contributed by atoms with van der Waals surface area (Å²) >= 11 is 5.87. The number of ether oxygens (including phenoxy) is 3. The number of fused-ring (bicyclic) bond motifs is 1. The summed E-state index contributed by atoms with van der Waals surface area (Å²) in [6.07, 6.45) is 0.205. The number of imidazole rings is 1. The molecule has 3 atom stereocenters. The Morgan fingerprint density at radius 2 is 1.95 bits per heavy atom. The number of nitrogens with zero attached hydrogens (tertiary/aromatic N) is 4. The van der Waals surface area contributed by atoms with Crippen molar-refractivity contribution in [2.75, 3.05) is 39.4 Å². The number of rotatable bonds is 7. The Balaban J connectivity index is 1.10. The Bertz CT molecular complexity index is 1450. The van der Waals surface area contributed by atoms with Gasteiger partial charge < -0.3 is 28.8 Å². The number of hydrogen-bond donors (Lipinski definition) is 1. The Hall–Kier alpha value is -3.09. The topological polar surface area (TPSA) is 106 Å². The monoisotopic (exact) mass is 572 g/mol. The first-order valence-corrected chi connectivity index (χ1v) is 13.7. The predicted molar refractivity (Wildman–Crippen MR) is 142 cm³/mol. The highest BCUT2D eigenvalue weighted by molar-refractivity contribution is 6.30. The highest BCUT2D eigenvalue weighted by Crippen LogP contribution is 2.36. The maximum atomic E-state index is 14.5. The van der Waals surface area contributed by atoms with Gasteiger partial charge in [0, 0.05) is 43.4 Å². The third kappa shape index (κ3) is 5.19. The van der Waals surface area contributed by atoms with Gasteiger partial charge in [-0.15, -0.1) is 0 Å². The van der Waals surface area contributed by atoms with Crippen molar-refractivity contribution in [1.29, 1.82) is 0 Å². The molecule has 0 radical (unpaired) electrons. The second-order valence-electron chi connectivity index (χ2n) is 10.5. The number of carboxylic acids is 1. The van der Waals surface area contributed by atoms with E-state index in [-0.39, 0.29) is 34.8 Å². The maximum absolute atomic E-state index is 14.5. The van der Waals surface area contributed by atoms with Crippen LogP contribution < -0.4 is 0 Å². The van der Waals surface area contributed by atoms with Crippen molar-refractivity contribution in [1.82, 2.24) is 19.4 Å². The molecule has 10 nitrogen and oxygen atoms in total. The molecule has 3 aliphatic rings. The minimum absolute atomic E-state index is 0.0310. The Morgan fingerprint density at radius 1 is 1.18 bits per heavy atom. The lowest BCUT2D eigenvalue weighted by Crippen LogP contribution is -2.51. The van der Waals surface area contributed by atoms with Crippen molar-refractivity contribution in [3.05, 3.63) is 64.2 Å². The Morgan fingerprint density at radius 3 is 2.62 bits per heavy atom. The minimum atomic E-state index is -1.37. The molecule has 0 spiro atoms. The smallest absolute Gasteiger partial charge is 0.335 e. The zero-order chi connectivity index (χ0) is 28.0. The molecule has 3 aromatic rings.